The molecule has 3 rings (SSSR count). The fourth-order valence-corrected chi connectivity index (χ4v) is 2.86. The topological polar surface area (TPSA) is 65.7 Å². The number of piperidine rings is 1. The van der Waals surface area contributed by atoms with Gasteiger partial charge in [-0.15, -0.1) is 0 Å². The Hall–Kier alpha value is -2.01. The molecule has 0 unspecified atom stereocenters. The van der Waals surface area contributed by atoms with Gasteiger partial charge in [-0.1, -0.05) is 0 Å². The van der Waals surface area contributed by atoms with E-state index in [2.05, 4.69) is 4.90 Å². The smallest absolute Gasteiger partial charge is 0.337 e. The molecule has 2 aromatic rings. The maximum atomic E-state index is 11.2. The van der Waals surface area contributed by atoms with Gasteiger partial charge < -0.3 is 19.7 Å². The normalized spacial score (nSPS) is 16.8. The summed E-state index contributed by atoms with van der Waals surface area (Å²) in [6, 6.07) is 5.87. The van der Waals surface area contributed by atoms with Crippen LogP contribution in [-0.2, 0) is 7.05 Å². The quantitative estimate of drug-likeness (QED) is 0.877. The molecule has 5 heteroatoms. The Labute approximate surface area is 117 Å². The molecule has 1 aliphatic rings. The largest absolute Gasteiger partial charge is 0.478 e. The van der Waals surface area contributed by atoms with Crippen molar-refractivity contribution in [1.29, 1.82) is 0 Å². The molecular weight excluding hydrogens is 256 g/mol. The Morgan fingerprint density at radius 3 is 2.65 bits per heavy atom. The number of hydrogen-bond donors (Lipinski definition) is 2. The highest BCUT2D eigenvalue weighted by Gasteiger charge is 2.19. The maximum Gasteiger partial charge on any atom is 0.337 e. The number of aromatic carboxylic acids is 1. The summed E-state index contributed by atoms with van der Waals surface area (Å²) in [5.41, 5.74) is 2.34. The predicted octanol–water partition coefficient (Wildman–Crippen LogP) is 1.84. The Kier molecular flexibility index (Phi) is 3.14. The van der Waals surface area contributed by atoms with Gasteiger partial charge in [-0.3, -0.25) is 0 Å². The number of nitrogens with zero attached hydrogens (tertiary/aromatic N) is 2. The third-order valence-electron chi connectivity index (χ3n) is 4.03. The molecule has 1 saturated heterocycles. The number of benzene rings is 1. The number of hydrogen-bond acceptors (Lipinski definition) is 3. The average Bonchev–Trinajstić information content (AvgIpc) is 2.77. The van der Waals surface area contributed by atoms with E-state index in [4.69, 9.17) is 0 Å². The molecular formula is C15H18N2O3. The van der Waals surface area contributed by atoms with Crippen LogP contribution < -0.4 is 4.90 Å². The zero-order chi connectivity index (χ0) is 14.3. The van der Waals surface area contributed by atoms with Crippen LogP contribution in [0.1, 0.15) is 23.2 Å². The molecule has 1 fully saturated rings. The minimum atomic E-state index is -0.899. The van der Waals surface area contributed by atoms with Crippen molar-refractivity contribution < 1.29 is 15.0 Å². The molecule has 0 saturated carbocycles. The number of carboxylic acid groups (broad SMARTS) is 1. The molecule has 1 aliphatic heterocycles. The fourth-order valence-electron chi connectivity index (χ4n) is 2.86. The number of aliphatic hydroxyl groups excluding tert-OH is 1. The molecule has 0 spiro atoms. The number of aliphatic hydroxyl groups is 1. The zero-order valence-corrected chi connectivity index (χ0v) is 11.4. The van der Waals surface area contributed by atoms with E-state index < -0.39 is 5.97 Å². The second kappa shape index (κ2) is 4.83. The summed E-state index contributed by atoms with van der Waals surface area (Å²) in [6.45, 7) is 1.67. The first-order valence-corrected chi connectivity index (χ1v) is 6.81. The summed E-state index contributed by atoms with van der Waals surface area (Å²) < 4.78 is 1.85. The van der Waals surface area contributed by atoms with Gasteiger partial charge in [-0.25, -0.2) is 4.79 Å². The third kappa shape index (κ3) is 2.14. The summed E-state index contributed by atoms with van der Waals surface area (Å²) >= 11 is 0. The number of carbonyl (C=O) groups is 1. The SMILES string of the molecule is Cn1cc(C(=O)O)c2ccc(N3CCC(O)CC3)cc21. The van der Waals surface area contributed by atoms with Crippen molar-refractivity contribution >= 4 is 22.6 Å². The average molecular weight is 274 g/mol. The fraction of sp³-hybridized carbons (Fsp3) is 0.400. The number of aromatic nitrogens is 1. The van der Waals surface area contributed by atoms with Crippen molar-refractivity contribution in [2.45, 2.75) is 18.9 Å². The van der Waals surface area contributed by atoms with Gasteiger partial charge in [0.15, 0.2) is 0 Å². The van der Waals surface area contributed by atoms with Gasteiger partial charge in [0.1, 0.15) is 0 Å². The zero-order valence-electron chi connectivity index (χ0n) is 11.4. The molecule has 106 valence electrons. The van der Waals surface area contributed by atoms with E-state index in [1.165, 1.54) is 0 Å². The van der Waals surface area contributed by atoms with Crippen LogP contribution in [0.3, 0.4) is 0 Å². The van der Waals surface area contributed by atoms with Gasteiger partial charge in [0, 0.05) is 37.4 Å². The molecule has 0 radical (unpaired) electrons. The van der Waals surface area contributed by atoms with Crippen LogP contribution in [0.15, 0.2) is 24.4 Å². The minimum absolute atomic E-state index is 0.191. The van der Waals surface area contributed by atoms with Crippen LogP contribution in [0.25, 0.3) is 10.9 Å². The number of fused-ring (bicyclic) bond motifs is 1. The summed E-state index contributed by atoms with van der Waals surface area (Å²) in [7, 11) is 1.86. The van der Waals surface area contributed by atoms with Crippen LogP contribution in [-0.4, -0.2) is 39.9 Å². The van der Waals surface area contributed by atoms with Crippen LogP contribution >= 0.6 is 0 Å². The summed E-state index contributed by atoms with van der Waals surface area (Å²) in [5, 5.41) is 19.5. The second-order valence-corrected chi connectivity index (χ2v) is 5.38. The Bertz CT molecular complexity index is 654. The highest BCUT2D eigenvalue weighted by atomic mass is 16.4. The lowest BCUT2D eigenvalue weighted by Gasteiger charge is -2.31. The molecule has 1 aromatic carbocycles. The summed E-state index contributed by atoms with van der Waals surface area (Å²) in [5.74, 6) is -0.899. The van der Waals surface area contributed by atoms with Crippen molar-refractivity contribution in [2.24, 2.45) is 7.05 Å². The van der Waals surface area contributed by atoms with Crippen LogP contribution in [0, 0.1) is 0 Å². The molecule has 2 N–H and O–H groups in total. The van der Waals surface area contributed by atoms with E-state index in [9.17, 15) is 15.0 Å². The first kappa shape index (κ1) is 13.0. The molecule has 20 heavy (non-hydrogen) atoms. The van der Waals surface area contributed by atoms with Crippen molar-refractivity contribution in [3.05, 3.63) is 30.0 Å². The Morgan fingerprint density at radius 1 is 1.30 bits per heavy atom. The minimum Gasteiger partial charge on any atom is -0.478 e. The van der Waals surface area contributed by atoms with Gasteiger partial charge in [0.2, 0.25) is 0 Å². The van der Waals surface area contributed by atoms with E-state index in [0.717, 1.165) is 42.5 Å². The Morgan fingerprint density at radius 2 is 2.00 bits per heavy atom. The van der Waals surface area contributed by atoms with Crippen molar-refractivity contribution in [3.8, 4) is 0 Å². The van der Waals surface area contributed by atoms with Gasteiger partial charge in [0.05, 0.1) is 17.2 Å². The predicted molar refractivity (Wildman–Crippen MR) is 77.3 cm³/mol. The van der Waals surface area contributed by atoms with Crippen LogP contribution in [0.4, 0.5) is 5.69 Å². The molecule has 0 bridgehead atoms. The van der Waals surface area contributed by atoms with Gasteiger partial charge in [0.25, 0.3) is 0 Å². The standard InChI is InChI=1S/C15H18N2O3/c1-16-9-13(15(19)20)12-3-2-10(8-14(12)16)17-6-4-11(18)5-7-17/h2-3,8-9,11,18H,4-7H2,1H3,(H,19,20). The summed E-state index contributed by atoms with van der Waals surface area (Å²) in [4.78, 5) is 13.4. The first-order valence-electron chi connectivity index (χ1n) is 6.81. The van der Waals surface area contributed by atoms with E-state index in [0.29, 0.717) is 5.56 Å². The van der Waals surface area contributed by atoms with Crippen molar-refractivity contribution in [1.82, 2.24) is 4.57 Å². The third-order valence-corrected chi connectivity index (χ3v) is 4.03. The molecule has 1 aromatic heterocycles. The number of aryl methyl sites for hydroxylation is 1. The van der Waals surface area contributed by atoms with Crippen LogP contribution in [0.5, 0.6) is 0 Å². The Balaban J connectivity index is 1.99. The number of carboxylic acids is 1. The monoisotopic (exact) mass is 274 g/mol. The maximum absolute atomic E-state index is 11.2. The van der Waals surface area contributed by atoms with Gasteiger partial charge in [-0.2, -0.15) is 0 Å². The highest BCUT2D eigenvalue weighted by molar-refractivity contribution is 6.04. The number of rotatable bonds is 2. The molecule has 2 heterocycles. The van der Waals surface area contributed by atoms with Gasteiger partial charge >= 0.3 is 5.97 Å². The van der Waals surface area contributed by atoms with E-state index in [1.807, 2.05) is 29.8 Å². The highest BCUT2D eigenvalue weighted by Crippen LogP contribution is 2.27. The van der Waals surface area contributed by atoms with E-state index >= 15 is 0 Å². The molecule has 5 nitrogen and oxygen atoms in total. The lowest BCUT2D eigenvalue weighted by Crippen LogP contribution is -2.35. The lowest BCUT2D eigenvalue weighted by molar-refractivity contribution is 0.0699. The van der Waals surface area contributed by atoms with E-state index in [-0.39, 0.29) is 6.10 Å². The molecule has 0 amide bonds. The first-order chi connectivity index (χ1) is 9.56. The lowest BCUT2D eigenvalue weighted by atomic mass is 10.1. The second-order valence-electron chi connectivity index (χ2n) is 5.38. The van der Waals surface area contributed by atoms with Crippen molar-refractivity contribution in [2.75, 3.05) is 18.0 Å². The van der Waals surface area contributed by atoms with Gasteiger partial charge in [-0.05, 0) is 31.0 Å². The molecule has 0 aliphatic carbocycles. The molecule has 0 atom stereocenters. The van der Waals surface area contributed by atoms with Crippen LogP contribution in [0.2, 0.25) is 0 Å². The summed E-state index contributed by atoms with van der Waals surface area (Å²) in [6.07, 6.45) is 3.03. The van der Waals surface area contributed by atoms with E-state index in [1.54, 1.807) is 6.20 Å². The van der Waals surface area contributed by atoms with Crippen molar-refractivity contribution in [3.63, 3.8) is 0 Å². The number of anilines is 1.